The molecule has 19 heavy (non-hydrogen) atoms. The van der Waals surface area contributed by atoms with Crippen LogP contribution in [-0.4, -0.2) is 0 Å². The third-order valence-corrected chi connectivity index (χ3v) is 3.11. The van der Waals surface area contributed by atoms with Crippen molar-refractivity contribution in [3.8, 4) is 6.07 Å². The SMILES string of the molecule is CCCC(Nc1cccc(C#N)c1)c1ccccc1. The summed E-state index contributed by atoms with van der Waals surface area (Å²) in [5.74, 6) is 0. The second kappa shape index (κ2) is 6.61. The van der Waals surface area contributed by atoms with Crippen LogP contribution in [-0.2, 0) is 0 Å². The van der Waals surface area contributed by atoms with E-state index in [0.29, 0.717) is 11.6 Å². The maximum absolute atomic E-state index is 8.94. The molecule has 2 aromatic carbocycles. The van der Waals surface area contributed by atoms with Gasteiger partial charge in [0.05, 0.1) is 17.7 Å². The highest BCUT2D eigenvalue weighted by molar-refractivity contribution is 5.50. The third-order valence-electron chi connectivity index (χ3n) is 3.11. The van der Waals surface area contributed by atoms with Crippen molar-refractivity contribution in [1.29, 1.82) is 5.26 Å². The van der Waals surface area contributed by atoms with Gasteiger partial charge in [-0.25, -0.2) is 0 Å². The lowest BCUT2D eigenvalue weighted by atomic mass is 10.0. The molecule has 1 N–H and O–H groups in total. The van der Waals surface area contributed by atoms with Gasteiger partial charge in [-0.05, 0) is 30.2 Å². The van der Waals surface area contributed by atoms with E-state index in [0.717, 1.165) is 18.5 Å². The first kappa shape index (κ1) is 13.2. The molecule has 0 aliphatic carbocycles. The van der Waals surface area contributed by atoms with Crippen LogP contribution in [0.25, 0.3) is 0 Å². The minimum Gasteiger partial charge on any atom is -0.378 e. The average molecular weight is 250 g/mol. The van der Waals surface area contributed by atoms with Gasteiger partial charge in [0.25, 0.3) is 0 Å². The quantitative estimate of drug-likeness (QED) is 0.847. The van der Waals surface area contributed by atoms with Gasteiger partial charge >= 0.3 is 0 Å². The van der Waals surface area contributed by atoms with E-state index in [1.807, 2.05) is 30.3 Å². The molecule has 0 saturated heterocycles. The molecule has 1 unspecified atom stereocenters. The van der Waals surface area contributed by atoms with Crippen LogP contribution in [0, 0.1) is 11.3 Å². The molecule has 2 nitrogen and oxygen atoms in total. The van der Waals surface area contributed by atoms with Crippen molar-refractivity contribution in [3.05, 3.63) is 65.7 Å². The predicted molar refractivity (Wildman–Crippen MR) is 78.9 cm³/mol. The number of nitrogens with zero attached hydrogens (tertiary/aromatic N) is 1. The molecule has 0 bridgehead atoms. The van der Waals surface area contributed by atoms with E-state index in [-0.39, 0.29) is 0 Å². The van der Waals surface area contributed by atoms with Gasteiger partial charge in [0.15, 0.2) is 0 Å². The van der Waals surface area contributed by atoms with Crippen molar-refractivity contribution in [3.63, 3.8) is 0 Å². The predicted octanol–water partition coefficient (Wildman–Crippen LogP) is 4.51. The Labute approximate surface area is 114 Å². The van der Waals surface area contributed by atoms with Crippen LogP contribution in [0.2, 0.25) is 0 Å². The summed E-state index contributed by atoms with van der Waals surface area (Å²) in [7, 11) is 0. The van der Waals surface area contributed by atoms with E-state index in [1.54, 1.807) is 0 Å². The number of nitrogens with one attached hydrogen (secondary N) is 1. The molecule has 0 heterocycles. The van der Waals surface area contributed by atoms with Gasteiger partial charge in [0, 0.05) is 5.69 Å². The Morgan fingerprint density at radius 3 is 2.58 bits per heavy atom. The molecule has 0 aromatic heterocycles. The Morgan fingerprint density at radius 1 is 1.11 bits per heavy atom. The summed E-state index contributed by atoms with van der Waals surface area (Å²) < 4.78 is 0. The maximum atomic E-state index is 8.94. The zero-order valence-electron chi connectivity index (χ0n) is 11.1. The topological polar surface area (TPSA) is 35.8 Å². The standard InChI is InChI=1S/C17H18N2/c1-2-7-17(15-9-4-3-5-10-15)19-16-11-6-8-14(12-16)13-18/h3-6,8-12,17,19H,2,7H2,1H3. The molecule has 0 amide bonds. The van der Waals surface area contributed by atoms with Crippen LogP contribution in [0.5, 0.6) is 0 Å². The fraction of sp³-hybridized carbons (Fsp3) is 0.235. The van der Waals surface area contributed by atoms with Crippen molar-refractivity contribution >= 4 is 5.69 Å². The molecule has 2 aromatic rings. The molecule has 0 aliphatic rings. The van der Waals surface area contributed by atoms with E-state index in [1.165, 1.54) is 5.56 Å². The molecule has 0 aliphatic heterocycles. The Hall–Kier alpha value is -2.27. The van der Waals surface area contributed by atoms with Gasteiger partial charge in [0.2, 0.25) is 0 Å². The fourth-order valence-electron chi connectivity index (χ4n) is 2.18. The molecule has 0 fully saturated rings. The van der Waals surface area contributed by atoms with E-state index >= 15 is 0 Å². The fourth-order valence-corrected chi connectivity index (χ4v) is 2.18. The first-order chi connectivity index (χ1) is 9.33. The number of rotatable bonds is 5. The first-order valence-corrected chi connectivity index (χ1v) is 6.65. The second-order valence-corrected chi connectivity index (χ2v) is 4.59. The van der Waals surface area contributed by atoms with Gasteiger partial charge in [-0.3, -0.25) is 0 Å². The lowest BCUT2D eigenvalue weighted by Gasteiger charge is -2.20. The lowest BCUT2D eigenvalue weighted by Crippen LogP contribution is -2.10. The van der Waals surface area contributed by atoms with Crippen LogP contribution < -0.4 is 5.32 Å². The third kappa shape index (κ3) is 3.59. The monoisotopic (exact) mass is 250 g/mol. The van der Waals surface area contributed by atoms with Crippen LogP contribution in [0.4, 0.5) is 5.69 Å². The highest BCUT2D eigenvalue weighted by Crippen LogP contribution is 2.24. The van der Waals surface area contributed by atoms with Crippen molar-refractivity contribution in [2.75, 3.05) is 5.32 Å². The molecule has 2 rings (SSSR count). The smallest absolute Gasteiger partial charge is 0.0992 e. The first-order valence-electron chi connectivity index (χ1n) is 6.65. The summed E-state index contributed by atoms with van der Waals surface area (Å²) in [6, 6.07) is 20.5. The lowest BCUT2D eigenvalue weighted by molar-refractivity contribution is 0.677. The number of hydrogen-bond donors (Lipinski definition) is 1. The summed E-state index contributed by atoms with van der Waals surface area (Å²) in [5.41, 5.74) is 2.97. The largest absolute Gasteiger partial charge is 0.378 e. The Balaban J connectivity index is 2.19. The summed E-state index contributed by atoms with van der Waals surface area (Å²) in [6.45, 7) is 2.18. The van der Waals surface area contributed by atoms with E-state index in [4.69, 9.17) is 5.26 Å². The highest BCUT2D eigenvalue weighted by atomic mass is 14.9. The van der Waals surface area contributed by atoms with Gasteiger partial charge in [-0.1, -0.05) is 49.7 Å². The Bertz CT molecular complexity index is 555. The Kier molecular flexibility index (Phi) is 4.58. The minimum absolute atomic E-state index is 0.292. The summed E-state index contributed by atoms with van der Waals surface area (Å²) >= 11 is 0. The molecular weight excluding hydrogens is 232 g/mol. The van der Waals surface area contributed by atoms with Gasteiger partial charge in [-0.15, -0.1) is 0 Å². The molecule has 2 heteroatoms. The summed E-state index contributed by atoms with van der Waals surface area (Å²) in [4.78, 5) is 0. The molecule has 0 radical (unpaired) electrons. The van der Waals surface area contributed by atoms with E-state index < -0.39 is 0 Å². The summed E-state index contributed by atoms with van der Waals surface area (Å²) in [6.07, 6.45) is 2.19. The number of anilines is 1. The molecule has 0 spiro atoms. The van der Waals surface area contributed by atoms with Crippen molar-refractivity contribution in [2.45, 2.75) is 25.8 Å². The van der Waals surface area contributed by atoms with Gasteiger partial charge in [-0.2, -0.15) is 5.26 Å². The zero-order chi connectivity index (χ0) is 13.5. The van der Waals surface area contributed by atoms with Crippen LogP contribution in [0.15, 0.2) is 54.6 Å². The van der Waals surface area contributed by atoms with Gasteiger partial charge in [0.1, 0.15) is 0 Å². The van der Waals surface area contributed by atoms with E-state index in [9.17, 15) is 0 Å². The van der Waals surface area contributed by atoms with Crippen molar-refractivity contribution < 1.29 is 0 Å². The highest BCUT2D eigenvalue weighted by Gasteiger charge is 2.09. The van der Waals surface area contributed by atoms with Crippen LogP contribution in [0.1, 0.15) is 36.9 Å². The van der Waals surface area contributed by atoms with Gasteiger partial charge < -0.3 is 5.32 Å². The Morgan fingerprint density at radius 2 is 1.89 bits per heavy atom. The molecule has 96 valence electrons. The molecule has 1 atom stereocenters. The van der Waals surface area contributed by atoms with Crippen molar-refractivity contribution in [1.82, 2.24) is 0 Å². The normalized spacial score (nSPS) is 11.6. The zero-order valence-corrected chi connectivity index (χ0v) is 11.1. The van der Waals surface area contributed by atoms with Crippen molar-refractivity contribution in [2.24, 2.45) is 0 Å². The van der Waals surface area contributed by atoms with Crippen LogP contribution >= 0.6 is 0 Å². The number of benzene rings is 2. The summed E-state index contributed by atoms with van der Waals surface area (Å²) in [5, 5.41) is 12.5. The van der Waals surface area contributed by atoms with Crippen LogP contribution in [0.3, 0.4) is 0 Å². The molecule has 0 saturated carbocycles. The number of nitriles is 1. The average Bonchev–Trinajstić information content (AvgIpc) is 2.48. The maximum Gasteiger partial charge on any atom is 0.0992 e. The second-order valence-electron chi connectivity index (χ2n) is 4.59. The number of hydrogen-bond acceptors (Lipinski definition) is 2. The molecular formula is C17H18N2. The minimum atomic E-state index is 0.292. The van der Waals surface area contributed by atoms with E-state index in [2.05, 4.69) is 42.6 Å².